The number of hydrogen-bond donors (Lipinski definition) is 3. The molecule has 0 aliphatic heterocycles. The Balaban J connectivity index is 1.64. The number of amides is 1. The van der Waals surface area contributed by atoms with Crippen LogP contribution in [0, 0.1) is 0 Å². The van der Waals surface area contributed by atoms with E-state index in [0.29, 0.717) is 23.5 Å². The van der Waals surface area contributed by atoms with Crippen molar-refractivity contribution in [3.05, 3.63) is 59.8 Å². The second-order valence-electron chi connectivity index (χ2n) is 7.05. The first-order valence-corrected chi connectivity index (χ1v) is 10.5. The molecule has 0 saturated heterocycles. The molecule has 0 unspecified atom stereocenters. The maximum atomic E-state index is 13.0. The van der Waals surface area contributed by atoms with Crippen LogP contribution in [0.2, 0.25) is 0 Å². The van der Waals surface area contributed by atoms with Crippen LogP contribution in [0.15, 0.2) is 58.3 Å². The van der Waals surface area contributed by atoms with E-state index in [-0.39, 0.29) is 28.8 Å². The second-order valence-corrected chi connectivity index (χ2v) is 7.05. The number of aliphatic carboxylic acids is 1. The molecule has 184 valence electrons. The van der Waals surface area contributed by atoms with Gasteiger partial charge in [-0.05, 0) is 41.5 Å². The number of carboxylic acids is 1. The van der Waals surface area contributed by atoms with E-state index < -0.39 is 18.5 Å². The summed E-state index contributed by atoms with van der Waals surface area (Å²) in [5, 5.41) is 28.1. The molecule has 2 aromatic carbocycles. The standard InChI is InChI=1S/C22H20N8O6/c1-2-34-15-8-5-7-13(10-15)19-18(25-29-30(19)21-20(23)27-36-28-21)22(33)26-24-11-14-6-3-4-9-16(14)35-12-17(31)32/h3-11H,2,12H2,1H3,(H2,23,27)(H,26,33)(H,31,32). The molecule has 0 saturated carbocycles. The maximum Gasteiger partial charge on any atom is 0.341 e. The van der Waals surface area contributed by atoms with E-state index in [9.17, 15) is 9.59 Å². The highest BCUT2D eigenvalue weighted by molar-refractivity contribution is 5.99. The number of aromatic nitrogens is 5. The zero-order valence-electron chi connectivity index (χ0n) is 18.9. The van der Waals surface area contributed by atoms with Gasteiger partial charge in [0.1, 0.15) is 17.2 Å². The molecule has 2 aromatic heterocycles. The summed E-state index contributed by atoms with van der Waals surface area (Å²) in [4.78, 5) is 23.8. The second kappa shape index (κ2) is 10.8. The van der Waals surface area contributed by atoms with Crippen molar-refractivity contribution in [2.24, 2.45) is 5.10 Å². The van der Waals surface area contributed by atoms with E-state index in [4.69, 9.17) is 20.3 Å². The third kappa shape index (κ3) is 5.27. The average molecular weight is 492 g/mol. The van der Waals surface area contributed by atoms with E-state index >= 15 is 0 Å². The summed E-state index contributed by atoms with van der Waals surface area (Å²) in [5.74, 6) is -0.964. The Hall–Kier alpha value is -5.27. The van der Waals surface area contributed by atoms with E-state index in [1.54, 1.807) is 48.5 Å². The minimum Gasteiger partial charge on any atom is -0.494 e. The lowest BCUT2D eigenvalue weighted by Crippen LogP contribution is -2.19. The fourth-order valence-electron chi connectivity index (χ4n) is 3.15. The number of nitrogen functional groups attached to an aromatic ring is 1. The van der Waals surface area contributed by atoms with Gasteiger partial charge in [0.05, 0.1) is 12.8 Å². The first-order valence-electron chi connectivity index (χ1n) is 10.5. The van der Waals surface area contributed by atoms with Crippen molar-refractivity contribution in [2.45, 2.75) is 6.92 Å². The van der Waals surface area contributed by atoms with Crippen LogP contribution in [0.3, 0.4) is 0 Å². The Bertz CT molecular complexity index is 1410. The summed E-state index contributed by atoms with van der Waals surface area (Å²) in [7, 11) is 0. The van der Waals surface area contributed by atoms with E-state index in [2.05, 4.69) is 35.8 Å². The Morgan fingerprint density at radius 1 is 1.19 bits per heavy atom. The number of anilines is 1. The summed E-state index contributed by atoms with van der Waals surface area (Å²) in [6, 6.07) is 13.6. The van der Waals surface area contributed by atoms with Crippen LogP contribution in [0.1, 0.15) is 23.0 Å². The van der Waals surface area contributed by atoms with Crippen LogP contribution in [0.25, 0.3) is 17.1 Å². The molecule has 0 fully saturated rings. The number of carbonyl (C=O) groups excluding carboxylic acids is 1. The molecule has 0 atom stereocenters. The molecule has 14 heteroatoms. The van der Waals surface area contributed by atoms with Gasteiger partial charge in [0.15, 0.2) is 12.3 Å². The number of carboxylic acid groups (broad SMARTS) is 1. The third-order valence-corrected chi connectivity index (χ3v) is 4.64. The normalized spacial score (nSPS) is 10.9. The van der Waals surface area contributed by atoms with Crippen LogP contribution in [-0.2, 0) is 4.79 Å². The van der Waals surface area contributed by atoms with Crippen molar-refractivity contribution in [2.75, 3.05) is 18.9 Å². The summed E-state index contributed by atoms with van der Waals surface area (Å²) < 4.78 is 16.7. The predicted molar refractivity (Wildman–Crippen MR) is 125 cm³/mol. The van der Waals surface area contributed by atoms with Gasteiger partial charge >= 0.3 is 5.97 Å². The molecular formula is C22H20N8O6. The van der Waals surface area contributed by atoms with Gasteiger partial charge in [-0.2, -0.15) is 9.78 Å². The van der Waals surface area contributed by atoms with Crippen molar-refractivity contribution in [1.29, 1.82) is 0 Å². The Morgan fingerprint density at radius 3 is 2.78 bits per heavy atom. The number of nitrogens with two attached hydrogens (primary N) is 1. The quantitative estimate of drug-likeness (QED) is 0.215. The molecule has 0 aliphatic carbocycles. The number of ether oxygens (including phenoxy) is 2. The van der Waals surface area contributed by atoms with Gasteiger partial charge in [-0.3, -0.25) is 4.79 Å². The number of carbonyl (C=O) groups is 2. The lowest BCUT2D eigenvalue weighted by Gasteiger charge is -2.08. The molecule has 2 heterocycles. The number of benzene rings is 2. The number of hydrazone groups is 1. The SMILES string of the molecule is CCOc1cccc(-c2c(C(=O)NN=Cc3ccccc3OCC(=O)O)nnn2-c2nonc2N)c1. The van der Waals surface area contributed by atoms with Crippen LogP contribution >= 0.6 is 0 Å². The third-order valence-electron chi connectivity index (χ3n) is 4.64. The Morgan fingerprint density at radius 2 is 2.03 bits per heavy atom. The average Bonchev–Trinajstić information content (AvgIpc) is 3.49. The van der Waals surface area contributed by atoms with E-state index in [0.717, 1.165) is 0 Å². The number of nitrogens with one attached hydrogen (secondary N) is 1. The maximum absolute atomic E-state index is 13.0. The Labute approximate surface area is 203 Å². The molecule has 0 bridgehead atoms. The van der Waals surface area contributed by atoms with Crippen LogP contribution in [-0.4, -0.2) is 61.7 Å². The number of rotatable bonds is 10. The summed E-state index contributed by atoms with van der Waals surface area (Å²) in [6.07, 6.45) is 1.31. The highest BCUT2D eigenvalue weighted by Crippen LogP contribution is 2.29. The smallest absolute Gasteiger partial charge is 0.341 e. The zero-order chi connectivity index (χ0) is 25.5. The van der Waals surface area contributed by atoms with Gasteiger partial charge in [0.2, 0.25) is 11.6 Å². The Kier molecular flexibility index (Phi) is 7.14. The molecule has 36 heavy (non-hydrogen) atoms. The monoisotopic (exact) mass is 492 g/mol. The molecule has 4 aromatic rings. The van der Waals surface area contributed by atoms with Gasteiger partial charge in [-0.15, -0.1) is 5.10 Å². The molecule has 14 nitrogen and oxygen atoms in total. The number of para-hydroxylation sites is 1. The van der Waals surface area contributed by atoms with Crippen LogP contribution in [0.4, 0.5) is 5.82 Å². The summed E-state index contributed by atoms with van der Waals surface area (Å²) in [5.41, 5.74) is 9.37. The van der Waals surface area contributed by atoms with Gasteiger partial charge in [0, 0.05) is 11.1 Å². The zero-order valence-corrected chi connectivity index (χ0v) is 18.9. The fourth-order valence-corrected chi connectivity index (χ4v) is 3.15. The topological polar surface area (TPSA) is 193 Å². The highest BCUT2D eigenvalue weighted by atomic mass is 16.6. The minimum absolute atomic E-state index is 0.0476. The molecule has 4 N–H and O–H groups in total. The number of hydrogen-bond acceptors (Lipinski definition) is 11. The molecule has 0 radical (unpaired) electrons. The molecule has 0 aliphatic rings. The minimum atomic E-state index is -1.12. The van der Waals surface area contributed by atoms with Gasteiger partial charge in [-0.1, -0.05) is 29.5 Å². The van der Waals surface area contributed by atoms with E-state index in [1.165, 1.54) is 10.9 Å². The molecule has 1 amide bonds. The van der Waals surface area contributed by atoms with Crippen molar-refractivity contribution < 1.29 is 28.8 Å². The van der Waals surface area contributed by atoms with Gasteiger partial charge in [-0.25, -0.2) is 14.8 Å². The van der Waals surface area contributed by atoms with Crippen molar-refractivity contribution in [1.82, 2.24) is 30.7 Å². The first kappa shape index (κ1) is 23.9. The molecular weight excluding hydrogens is 472 g/mol. The highest BCUT2D eigenvalue weighted by Gasteiger charge is 2.25. The first-order chi connectivity index (χ1) is 17.5. The lowest BCUT2D eigenvalue weighted by molar-refractivity contribution is -0.139. The van der Waals surface area contributed by atoms with Gasteiger partial charge in [0.25, 0.3) is 5.91 Å². The predicted octanol–water partition coefficient (Wildman–Crippen LogP) is 1.53. The molecule has 0 spiro atoms. The van der Waals surface area contributed by atoms with Crippen molar-refractivity contribution in [3.63, 3.8) is 0 Å². The van der Waals surface area contributed by atoms with Crippen LogP contribution < -0.4 is 20.6 Å². The number of nitrogens with zero attached hydrogens (tertiary/aromatic N) is 6. The van der Waals surface area contributed by atoms with Crippen molar-refractivity contribution in [3.8, 4) is 28.6 Å². The van der Waals surface area contributed by atoms with Gasteiger partial charge < -0.3 is 20.3 Å². The summed E-state index contributed by atoms with van der Waals surface area (Å²) in [6.45, 7) is 1.77. The van der Waals surface area contributed by atoms with E-state index in [1.807, 2.05) is 6.92 Å². The van der Waals surface area contributed by atoms with Crippen molar-refractivity contribution >= 4 is 23.9 Å². The molecule has 4 rings (SSSR count). The largest absolute Gasteiger partial charge is 0.494 e. The fraction of sp³-hybridized carbons (Fsp3) is 0.136. The van der Waals surface area contributed by atoms with Crippen LogP contribution in [0.5, 0.6) is 11.5 Å². The lowest BCUT2D eigenvalue weighted by atomic mass is 10.1. The summed E-state index contributed by atoms with van der Waals surface area (Å²) >= 11 is 0.